The van der Waals surface area contributed by atoms with E-state index in [4.69, 9.17) is 0 Å². The summed E-state index contributed by atoms with van der Waals surface area (Å²) < 4.78 is 38.2. The van der Waals surface area contributed by atoms with E-state index in [-0.39, 0.29) is 17.5 Å². The molecule has 0 atom stereocenters. The van der Waals surface area contributed by atoms with Gasteiger partial charge >= 0.3 is 6.18 Å². The number of halogens is 3. The SMILES string of the molecule is Cc1ccc(NC(=O)c2ccc(C(F)(F)F)nn2)cc1-c1cncc(-c2cc(NC(=O)C3CC3)ncn2)c1. The van der Waals surface area contributed by atoms with Crippen molar-refractivity contribution in [1.29, 1.82) is 0 Å². The lowest BCUT2D eigenvalue weighted by atomic mass is 9.99. The molecule has 1 aromatic carbocycles. The fourth-order valence-corrected chi connectivity index (χ4v) is 3.70. The van der Waals surface area contributed by atoms with Crippen LogP contribution in [0.25, 0.3) is 22.4 Å². The van der Waals surface area contributed by atoms with Gasteiger partial charge in [0.2, 0.25) is 5.91 Å². The first-order valence-corrected chi connectivity index (χ1v) is 11.6. The summed E-state index contributed by atoms with van der Waals surface area (Å²) in [5.74, 6) is -0.307. The first-order valence-electron chi connectivity index (χ1n) is 11.6. The molecular formula is C26H20F3N7O2. The summed E-state index contributed by atoms with van der Waals surface area (Å²) in [5, 5.41) is 11.9. The van der Waals surface area contributed by atoms with Crippen LogP contribution in [-0.2, 0) is 11.0 Å². The third-order valence-corrected chi connectivity index (χ3v) is 5.89. The highest BCUT2D eigenvalue weighted by molar-refractivity contribution is 6.03. The van der Waals surface area contributed by atoms with Crippen molar-refractivity contribution in [2.24, 2.45) is 5.92 Å². The molecule has 38 heavy (non-hydrogen) atoms. The first-order chi connectivity index (χ1) is 18.2. The third kappa shape index (κ3) is 5.64. The highest BCUT2D eigenvalue weighted by atomic mass is 19.4. The quantitative estimate of drug-likeness (QED) is 0.371. The fourth-order valence-electron chi connectivity index (χ4n) is 3.70. The van der Waals surface area contributed by atoms with Crippen LogP contribution < -0.4 is 10.6 Å². The van der Waals surface area contributed by atoms with Crippen LogP contribution in [-0.4, -0.2) is 37.0 Å². The largest absolute Gasteiger partial charge is 0.435 e. The zero-order valence-corrected chi connectivity index (χ0v) is 20.0. The number of hydrogen-bond donors (Lipinski definition) is 2. The maximum atomic E-state index is 12.7. The number of aryl methyl sites for hydroxylation is 1. The molecule has 0 radical (unpaired) electrons. The Morgan fingerprint density at radius 2 is 1.71 bits per heavy atom. The summed E-state index contributed by atoms with van der Waals surface area (Å²) in [5.41, 5.74) is 2.66. The molecule has 0 unspecified atom stereocenters. The smallest absolute Gasteiger partial charge is 0.321 e. The van der Waals surface area contributed by atoms with Crippen molar-refractivity contribution in [3.05, 3.63) is 78.1 Å². The predicted octanol–water partition coefficient (Wildman–Crippen LogP) is 4.92. The number of amides is 2. The molecule has 0 bridgehead atoms. The molecule has 0 saturated heterocycles. The number of alkyl halides is 3. The summed E-state index contributed by atoms with van der Waals surface area (Å²) >= 11 is 0. The Kier molecular flexibility index (Phi) is 6.53. The van der Waals surface area contributed by atoms with E-state index in [1.807, 2.05) is 13.0 Å². The van der Waals surface area contributed by atoms with Gasteiger partial charge in [-0.25, -0.2) is 9.97 Å². The maximum Gasteiger partial charge on any atom is 0.435 e. The summed E-state index contributed by atoms with van der Waals surface area (Å²) in [6.07, 6.45) is 1.79. The second kappa shape index (κ2) is 9.96. The normalized spacial score (nSPS) is 13.2. The lowest BCUT2D eigenvalue weighted by molar-refractivity contribution is -0.141. The van der Waals surface area contributed by atoms with Gasteiger partial charge in [0.25, 0.3) is 5.91 Å². The van der Waals surface area contributed by atoms with Gasteiger partial charge in [-0.3, -0.25) is 14.6 Å². The highest BCUT2D eigenvalue weighted by Crippen LogP contribution is 2.32. The Morgan fingerprint density at radius 3 is 2.42 bits per heavy atom. The number of carbonyl (C=O) groups excluding carboxylic acids is 2. The minimum absolute atomic E-state index is 0.0421. The summed E-state index contributed by atoms with van der Waals surface area (Å²) in [6.45, 7) is 1.89. The van der Waals surface area contributed by atoms with Crippen LogP contribution in [0.4, 0.5) is 24.7 Å². The average Bonchev–Trinajstić information content (AvgIpc) is 3.75. The minimum Gasteiger partial charge on any atom is -0.321 e. The van der Waals surface area contributed by atoms with E-state index in [1.54, 1.807) is 36.7 Å². The van der Waals surface area contributed by atoms with Crippen LogP contribution in [0.5, 0.6) is 0 Å². The summed E-state index contributed by atoms with van der Waals surface area (Å²) in [6, 6.07) is 10.4. The molecule has 5 rings (SSSR count). The van der Waals surface area contributed by atoms with Crippen molar-refractivity contribution in [3.8, 4) is 22.4 Å². The second-order valence-corrected chi connectivity index (χ2v) is 8.80. The number of pyridine rings is 1. The van der Waals surface area contributed by atoms with E-state index < -0.39 is 17.8 Å². The maximum absolute atomic E-state index is 12.7. The molecule has 2 amide bonds. The minimum atomic E-state index is -4.64. The van der Waals surface area contributed by atoms with Crippen molar-refractivity contribution in [1.82, 2.24) is 25.1 Å². The number of anilines is 2. The zero-order chi connectivity index (χ0) is 26.9. The van der Waals surface area contributed by atoms with Gasteiger partial charge in [0.1, 0.15) is 12.1 Å². The molecule has 12 heteroatoms. The Labute approximate surface area is 214 Å². The predicted molar refractivity (Wildman–Crippen MR) is 132 cm³/mol. The molecule has 3 heterocycles. The van der Waals surface area contributed by atoms with Gasteiger partial charge in [0.05, 0.1) is 5.69 Å². The van der Waals surface area contributed by atoms with Crippen LogP contribution in [0.15, 0.2) is 61.2 Å². The molecule has 4 aromatic rings. The molecule has 192 valence electrons. The summed E-state index contributed by atoms with van der Waals surface area (Å²) in [4.78, 5) is 37.4. The zero-order valence-electron chi connectivity index (χ0n) is 20.0. The van der Waals surface area contributed by atoms with Gasteiger partial charge in [-0.05, 0) is 61.2 Å². The van der Waals surface area contributed by atoms with Gasteiger partial charge in [0, 0.05) is 41.2 Å². The molecule has 9 nitrogen and oxygen atoms in total. The third-order valence-electron chi connectivity index (χ3n) is 5.89. The number of benzene rings is 1. The van der Waals surface area contributed by atoms with Gasteiger partial charge in [-0.2, -0.15) is 13.2 Å². The molecule has 1 aliphatic rings. The topological polar surface area (TPSA) is 123 Å². The van der Waals surface area contributed by atoms with Crippen molar-refractivity contribution < 1.29 is 22.8 Å². The van der Waals surface area contributed by atoms with Crippen molar-refractivity contribution in [2.45, 2.75) is 25.9 Å². The van der Waals surface area contributed by atoms with Gasteiger partial charge in [-0.1, -0.05) is 6.07 Å². The van der Waals surface area contributed by atoms with Crippen molar-refractivity contribution >= 4 is 23.3 Å². The number of rotatable bonds is 6. The first kappa shape index (κ1) is 24.9. The highest BCUT2D eigenvalue weighted by Gasteiger charge is 2.33. The van der Waals surface area contributed by atoms with Crippen molar-refractivity contribution in [2.75, 3.05) is 10.6 Å². The molecule has 0 spiro atoms. The van der Waals surface area contributed by atoms with E-state index in [2.05, 4.69) is 35.8 Å². The Bertz CT molecular complexity index is 1520. The van der Waals surface area contributed by atoms with Crippen LogP contribution in [0.2, 0.25) is 0 Å². The van der Waals surface area contributed by atoms with Crippen molar-refractivity contribution in [3.63, 3.8) is 0 Å². The van der Waals surface area contributed by atoms with Gasteiger partial charge in [-0.15, -0.1) is 10.2 Å². The molecule has 1 saturated carbocycles. The number of carbonyl (C=O) groups is 2. The molecule has 1 aliphatic carbocycles. The number of hydrogen-bond acceptors (Lipinski definition) is 7. The van der Waals surface area contributed by atoms with Crippen LogP contribution >= 0.6 is 0 Å². The van der Waals surface area contributed by atoms with E-state index in [0.717, 1.165) is 35.6 Å². The Morgan fingerprint density at radius 1 is 0.921 bits per heavy atom. The average molecular weight is 519 g/mol. The number of aromatic nitrogens is 5. The van der Waals surface area contributed by atoms with E-state index in [0.29, 0.717) is 28.8 Å². The molecular weight excluding hydrogens is 499 g/mol. The number of nitrogens with zero attached hydrogens (tertiary/aromatic N) is 5. The standard InChI is InChI=1S/C26H20F3N7O2/c1-14-2-5-18(33-25(38)20-6-7-22(36-35-20)26(27,28)29)9-19(14)16-8-17(12-30-11-16)21-10-23(32-13-31-21)34-24(37)15-3-4-15/h2,5-13,15H,3-4H2,1H3,(H,33,38)(H,31,32,34,37). The van der Waals surface area contributed by atoms with Crippen LogP contribution in [0.1, 0.15) is 34.6 Å². The van der Waals surface area contributed by atoms with Crippen LogP contribution in [0, 0.1) is 12.8 Å². The van der Waals surface area contributed by atoms with E-state index in [1.165, 1.54) is 6.33 Å². The lowest BCUT2D eigenvalue weighted by Crippen LogP contribution is -2.16. The van der Waals surface area contributed by atoms with E-state index >= 15 is 0 Å². The second-order valence-electron chi connectivity index (χ2n) is 8.80. The van der Waals surface area contributed by atoms with Gasteiger partial charge in [0.15, 0.2) is 11.4 Å². The number of nitrogens with one attached hydrogen (secondary N) is 2. The monoisotopic (exact) mass is 519 g/mol. The van der Waals surface area contributed by atoms with Crippen LogP contribution in [0.3, 0.4) is 0 Å². The molecule has 1 fully saturated rings. The molecule has 0 aliphatic heterocycles. The Hall–Kier alpha value is -4.74. The van der Waals surface area contributed by atoms with Gasteiger partial charge < -0.3 is 10.6 Å². The Balaban J connectivity index is 1.36. The summed E-state index contributed by atoms with van der Waals surface area (Å²) in [7, 11) is 0. The fraction of sp³-hybridized carbons (Fsp3) is 0.192. The molecule has 2 N–H and O–H groups in total. The molecule has 3 aromatic heterocycles. The van der Waals surface area contributed by atoms with E-state index in [9.17, 15) is 22.8 Å². The lowest BCUT2D eigenvalue weighted by Gasteiger charge is -2.12.